The predicted molar refractivity (Wildman–Crippen MR) is 111 cm³/mol. The summed E-state index contributed by atoms with van der Waals surface area (Å²) in [4.78, 5) is 6.64. The molecule has 29 heavy (non-hydrogen) atoms. The Labute approximate surface area is 172 Å². The molecule has 7 nitrogen and oxygen atoms in total. The topological polar surface area (TPSA) is 67.4 Å². The Balaban J connectivity index is 1.46. The van der Waals surface area contributed by atoms with Gasteiger partial charge in [0.25, 0.3) is 0 Å². The molecule has 2 aliphatic rings. The lowest BCUT2D eigenvalue weighted by molar-refractivity contribution is 0.0169. The highest BCUT2D eigenvalue weighted by molar-refractivity contribution is 5.79. The van der Waals surface area contributed by atoms with E-state index in [1.807, 2.05) is 6.07 Å². The van der Waals surface area contributed by atoms with Crippen molar-refractivity contribution in [2.45, 2.75) is 25.0 Å². The van der Waals surface area contributed by atoms with Crippen LogP contribution in [0.5, 0.6) is 0 Å². The molecule has 0 spiro atoms. The van der Waals surface area contributed by atoms with Crippen molar-refractivity contribution < 1.29 is 18.6 Å². The van der Waals surface area contributed by atoms with E-state index >= 15 is 0 Å². The summed E-state index contributed by atoms with van der Waals surface area (Å²) in [5, 5.41) is 6.72. The van der Waals surface area contributed by atoms with E-state index in [4.69, 9.17) is 14.2 Å². The molecule has 8 heteroatoms. The van der Waals surface area contributed by atoms with Crippen LogP contribution in [-0.2, 0) is 14.2 Å². The number of morpholine rings is 1. The number of hydrogen-bond acceptors (Lipinski definition) is 5. The van der Waals surface area contributed by atoms with E-state index in [1.165, 1.54) is 6.07 Å². The lowest BCUT2D eigenvalue weighted by Crippen LogP contribution is -2.46. The second-order valence-corrected chi connectivity index (χ2v) is 7.31. The fourth-order valence-electron chi connectivity index (χ4n) is 3.65. The highest BCUT2D eigenvalue weighted by atomic mass is 19.1. The average molecular weight is 409 g/mol. The molecule has 2 atom stereocenters. The van der Waals surface area contributed by atoms with Crippen molar-refractivity contribution in [3.8, 4) is 0 Å². The fraction of sp³-hybridized carbons (Fsp3) is 0.667. The number of nitrogens with one attached hydrogen (secondary N) is 2. The molecule has 0 amide bonds. The van der Waals surface area contributed by atoms with Crippen LogP contribution in [0.15, 0.2) is 29.3 Å². The molecule has 2 aliphatic heterocycles. The Morgan fingerprint density at radius 2 is 2.14 bits per heavy atom. The lowest BCUT2D eigenvalue weighted by atomic mass is 10.0. The highest BCUT2D eigenvalue weighted by Gasteiger charge is 2.23. The Morgan fingerprint density at radius 3 is 2.86 bits per heavy atom. The zero-order chi connectivity index (χ0) is 20.3. The minimum atomic E-state index is -0.212. The third-order valence-corrected chi connectivity index (χ3v) is 5.26. The van der Waals surface area contributed by atoms with Crippen LogP contribution in [-0.4, -0.2) is 83.2 Å². The smallest absolute Gasteiger partial charge is 0.191 e. The first kappa shape index (κ1) is 22.0. The van der Waals surface area contributed by atoms with Gasteiger partial charge in [0, 0.05) is 46.4 Å². The molecule has 0 aromatic heterocycles. The van der Waals surface area contributed by atoms with Crippen LogP contribution in [0.3, 0.4) is 0 Å². The summed E-state index contributed by atoms with van der Waals surface area (Å²) in [6.45, 7) is 6.69. The maximum atomic E-state index is 13.8. The van der Waals surface area contributed by atoms with Gasteiger partial charge in [-0.2, -0.15) is 0 Å². The summed E-state index contributed by atoms with van der Waals surface area (Å²) in [6, 6.07) is 6.89. The van der Waals surface area contributed by atoms with Gasteiger partial charge in [-0.25, -0.2) is 4.39 Å². The van der Waals surface area contributed by atoms with Crippen molar-refractivity contribution in [1.82, 2.24) is 15.5 Å². The van der Waals surface area contributed by atoms with E-state index in [1.54, 1.807) is 19.2 Å². The Bertz CT molecular complexity index is 634. The maximum Gasteiger partial charge on any atom is 0.191 e. The first-order valence-corrected chi connectivity index (χ1v) is 10.5. The predicted octanol–water partition coefficient (Wildman–Crippen LogP) is 1.56. The van der Waals surface area contributed by atoms with Gasteiger partial charge in [-0.1, -0.05) is 12.1 Å². The molecule has 3 rings (SSSR count). The van der Waals surface area contributed by atoms with E-state index in [0.29, 0.717) is 33.0 Å². The van der Waals surface area contributed by atoms with Crippen molar-refractivity contribution in [3.05, 3.63) is 35.6 Å². The van der Waals surface area contributed by atoms with Crippen LogP contribution in [0.25, 0.3) is 0 Å². The van der Waals surface area contributed by atoms with Crippen LogP contribution in [0.4, 0.5) is 4.39 Å². The molecule has 2 heterocycles. The van der Waals surface area contributed by atoms with Gasteiger partial charge in [-0.05, 0) is 30.5 Å². The zero-order valence-electron chi connectivity index (χ0n) is 17.2. The molecular formula is C21H33FN4O3. The van der Waals surface area contributed by atoms with Gasteiger partial charge in [0.15, 0.2) is 5.96 Å². The quantitative estimate of drug-likeness (QED) is 0.367. The molecule has 162 valence electrons. The second kappa shape index (κ2) is 12.1. The van der Waals surface area contributed by atoms with Crippen LogP contribution in [0.1, 0.15) is 24.4 Å². The number of ether oxygens (including phenoxy) is 3. The largest absolute Gasteiger partial charge is 0.379 e. The SMILES string of the molecule is CN=C(NCCCOC1CCOC1)NCC(c1cccc(F)c1)N1CCOCC1. The zero-order valence-corrected chi connectivity index (χ0v) is 17.2. The van der Waals surface area contributed by atoms with Crippen molar-refractivity contribution in [2.75, 3.05) is 66.3 Å². The molecular weight excluding hydrogens is 375 g/mol. The first-order valence-electron chi connectivity index (χ1n) is 10.5. The maximum absolute atomic E-state index is 13.8. The summed E-state index contributed by atoms with van der Waals surface area (Å²) in [5.41, 5.74) is 0.960. The van der Waals surface area contributed by atoms with Gasteiger partial charge in [0.1, 0.15) is 5.82 Å². The summed E-state index contributed by atoms with van der Waals surface area (Å²) in [5.74, 6) is 0.528. The molecule has 2 N–H and O–H groups in total. The van der Waals surface area contributed by atoms with E-state index in [0.717, 1.165) is 50.6 Å². The average Bonchev–Trinajstić information content (AvgIpc) is 3.26. The van der Waals surface area contributed by atoms with Gasteiger partial charge in [-0.3, -0.25) is 9.89 Å². The van der Waals surface area contributed by atoms with Gasteiger partial charge >= 0.3 is 0 Å². The molecule has 2 unspecified atom stereocenters. The van der Waals surface area contributed by atoms with E-state index in [9.17, 15) is 4.39 Å². The van der Waals surface area contributed by atoms with E-state index < -0.39 is 0 Å². The molecule has 0 saturated carbocycles. The molecule has 1 aromatic rings. The molecule has 0 radical (unpaired) electrons. The van der Waals surface area contributed by atoms with Crippen LogP contribution >= 0.6 is 0 Å². The number of benzene rings is 1. The number of hydrogen-bond donors (Lipinski definition) is 2. The van der Waals surface area contributed by atoms with E-state index in [2.05, 4.69) is 20.5 Å². The molecule has 2 fully saturated rings. The summed E-state index contributed by atoms with van der Waals surface area (Å²) in [7, 11) is 1.76. The Morgan fingerprint density at radius 1 is 1.28 bits per heavy atom. The summed E-state index contributed by atoms with van der Waals surface area (Å²) >= 11 is 0. The number of guanidine groups is 1. The number of rotatable bonds is 9. The van der Waals surface area contributed by atoms with Crippen molar-refractivity contribution in [3.63, 3.8) is 0 Å². The number of aliphatic imine (C=N–C) groups is 1. The highest BCUT2D eigenvalue weighted by Crippen LogP contribution is 2.22. The molecule has 2 saturated heterocycles. The Kier molecular flexibility index (Phi) is 9.14. The van der Waals surface area contributed by atoms with Gasteiger partial charge in [-0.15, -0.1) is 0 Å². The van der Waals surface area contributed by atoms with Crippen molar-refractivity contribution in [1.29, 1.82) is 0 Å². The van der Waals surface area contributed by atoms with Crippen LogP contribution in [0.2, 0.25) is 0 Å². The van der Waals surface area contributed by atoms with Crippen molar-refractivity contribution in [2.24, 2.45) is 4.99 Å². The van der Waals surface area contributed by atoms with Gasteiger partial charge < -0.3 is 24.8 Å². The monoisotopic (exact) mass is 408 g/mol. The Hall–Kier alpha value is -1.74. The standard InChI is InChI=1S/C21H33FN4O3/c1-23-21(24-7-3-10-29-19-6-11-28-16-19)25-15-20(26-8-12-27-13-9-26)17-4-2-5-18(22)14-17/h2,4-5,14,19-20H,3,6-13,15-16H2,1H3,(H2,23,24,25). The normalized spacial score (nSPS) is 21.9. The van der Waals surface area contributed by atoms with Gasteiger partial charge in [0.2, 0.25) is 0 Å². The van der Waals surface area contributed by atoms with Crippen molar-refractivity contribution >= 4 is 5.96 Å². The minimum Gasteiger partial charge on any atom is -0.379 e. The number of halogens is 1. The number of nitrogens with zero attached hydrogens (tertiary/aromatic N) is 2. The van der Waals surface area contributed by atoms with Crippen LogP contribution < -0.4 is 10.6 Å². The van der Waals surface area contributed by atoms with Crippen LogP contribution in [0, 0.1) is 5.82 Å². The lowest BCUT2D eigenvalue weighted by Gasteiger charge is -2.35. The van der Waals surface area contributed by atoms with Gasteiger partial charge in [0.05, 0.1) is 32.0 Å². The first-order chi connectivity index (χ1) is 14.3. The summed E-state index contributed by atoms with van der Waals surface area (Å²) < 4.78 is 30.4. The molecule has 0 aliphatic carbocycles. The molecule has 0 bridgehead atoms. The fourth-order valence-corrected chi connectivity index (χ4v) is 3.65. The molecule has 1 aromatic carbocycles. The third kappa shape index (κ3) is 7.22. The third-order valence-electron chi connectivity index (χ3n) is 5.26. The van der Waals surface area contributed by atoms with E-state index in [-0.39, 0.29) is 18.0 Å². The minimum absolute atomic E-state index is 0.0545. The second-order valence-electron chi connectivity index (χ2n) is 7.31. The summed E-state index contributed by atoms with van der Waals surface area (Å²) in [6.07, 6.45) is 2.13.